The van der Waals surface area contributed by atoms with Gasteiger partial charge in [0.25, 0.3) is 0 Å². The molecule has 0 bridgehead atoms. The van der Waals surface area contributed by atoms with Gasteiger partial charge in [0.15, 0.2) is 6.29 Å². The second-order valence-corrected chi connectivity index (χ2v) is 4.74. The number of carbonyl (C=O) groups is 1. The van der Waals surface area contributed by atoms with E-state index in [2.05, 4.69) is 15.0 Å². The minimum atomic E-state index is 0.673. The Kier molecular flexibility index (Phi) is 2.26. The number of nitrogens with zero attached hydrogens (tertiary/aromatic N) is 2. The van der Waals surface area contributed by atoms with Gasteiger partial charge in [-0.15, -0.1) is 11.3 Å². The molecule has 17 heavy (non-hydrogen) atoms. The minimum absolute atomic E-state index is 0.673. The number of hydrogen-bond acceptors (Lipinski definition) is 4. The van der Waals surface area contributed by atoms with Crippen molar-refractivity contribution in [1.29, 1.82) is 0 Å². The van der Waals surface area contributed by atoms with E-state index in [1.165, 1.54) is 11.3 Å². The number of aldehydes is 1. The molecule has 0 saturated carbocycles. The fraction of sp³-hybridized carbons (Fsp3) is 0.0833. The quantitative estimate of drug-likeness (QED) is 0.704. The van der Waals surface area contributed by atoms with Crippen LogP contribution < -0.4 is 0 Å². The molecule has 0 unspecified atom stereocenters. The summed E-state index contributed by atoms with van der Waals surface area (Å²) in [4.78, 5) is 23.3. The lowest BCUT2D eigenvalue weighted by Gasteiger charge is -1.87. The van der Waals surface area contributed by atoms with Crippen LogP contribution in [0.2, 0.25) is 0 Å². The number of nitrogens with one attached hydrogen (secondary N) is 1. The van der Waals surface area contributed by atoms with Gasteiger partial charge in [-0.05, 0) is 25.1 Å². The average molecular weight is 243 g/mol. The number of aryl methyl sites for hydroxylation is 1. The predicted molar refractivity (Wildman–Crippen MR) is 67.3 cm³/mol. The van der Waals surface area contributed by atoms with Crippen LogP contribution in [0.5, 0.6) is 0 Å². The van der Waals surface area contributed by atoms with Crippen molar-refractivity contribution < 1.29 is 4.79 Å². The smallest absolute Gasteiger partial charge is 0.161 e. The SMILES string of the molecule is Cc1nc(-c2cc3cccnc3[nH]2)sc1C=O. The number of aromatic amines is 1. The molecule has 0 aliphatic rings. The van der Waals surface area contributed by atoms with Gasteiger partial charge >= 0.3 is 0 Å². The van der Waals surface area contributed by atoms with E-state index in [9.17, 15) is 4.79 Å². The molecule has 0 atom stereocenters. The normalized spacial score (nSPS) is 10.9. The first-order valence-corrected chi connectivity index (χ1v) is 5.96. The van der Waals surface area contributed by atoms with Crippen molar-refractivity contribution >= 4 is 28.7 Å². The van der Waals surface area contributed by atoms with Crippen molar-refractivity contribution in [3.63, 3.8) is 0 Å². The second kappa shape index (κ2) is 3.78. The van der Waals surface area contributed by atoms with Crippen LogP contribution in [-0.2, 0) is 0 Å². The Labute approximate surface area is 101 Å². The van der Waals surface area contributed by atoms with Crippen molar-refractivity contribution in [1.82, 2.24) is 15.0 Å². The highest BCUT2D eigenvalue weighted by atomic mass is 32.1. The van der Waals surface area contributed by atoms with Crippen LogP contribution in [0.4, 0.5) is 0 Å². The maximum absolute atomic E-state index is 10.8. The maximum atomic E-state index is 10.8. The highest BCUT2D eigenvalue weighted by Gasteiger charge is 2.11. The van der Waals surface area contributed by atoms with E-state index in [4.69, 9.17) is 0 Å². The van der Waals surface area contributed by atoms with Gasteiger partial charge in [-0.25, -0.2) is 9.97 Å². The number of thiazole rings is 1. The standard InChI is InChI=1S/C12H9N3OS/c1-7-10(6-16)17-12(14-7)9-5-8-3-2-4-13-11(8)15-9/h2-6H,1H3,(H,13,15). The van der Waals surface area contributed by atoms with E-state index in [0.717, 1.165) is 33.7 Å². The molecule has 0 saturated heterocycles. The molecule has 1 N–H and O–H groups in total. The van der Waals surface area contributed by atoms with Gasteiger partial charge < -0.3 is 4.98 Å². The molecule has 5 heteroatoms. The molecule has 0 amide bonds. The molecule has 0 aromatic carbocycles. The van der Waals surface area contributed by atoms with Gasteiger partial charge in [-0.3, -0.25) is 4.79 Å². The Hall–Kier alpha value is -2.01. The Morgan fingerprint density at radius 3 is 3.06 bits per heavy atom. The van der Waals surface area contributed by atoms with Crippen LogP contribution >= 0.6 is 11.3 Å². The molecule has 3 aromatic rings. The summed E-state index contributed by atoms with van der Waals surface area (Å²) < 4.78 is 0. The molecular weight excluding hydrogens is 234 g/mol. The molecule has 3 aromatic heterocycles. The van der Waals surface area contributed by atoms with E-state index in [0.29, 0.717) is 4.88 Å². The first-order chi connectivity index (χ1) is 8.28. The van der Waals surface area contributed by atoms with Gasteiger partial charge in [0.05, 0.1) is 16.3 Å². The molecule has 3 rings (SSSR count). The average Bonchev–Trinajstić information content (AvgIpc) is 2.91. The molecule has 0 radical (unpaired) electrons. The summed E-state index contributed by atoms with van der Waals surface area (Å²) in [6.07, 6.45) is 2.59. The Morgan fingerprint density at radius 2 is 2.35 bits per heavy atom. The van der Waals surface area contributed by atoms with E-state index in [1.807, 2.05) is 25.1 Å². The van der Waals surface area contributed by atoms with E-state index >= 15 is 0 Å². The van der Waals surface area contributed by atoms with Crippen LogP contribution in [-0.4, -0.2) is 21.2 Å². The number of hydrogen-bond donors (Lipinski definition) is 1. The van der Waals surface area contributed by atoms with Gasteiger partial charge in [-0.1, -0.05) is 0 Å². The van der Waals surface area contributed by atoms with Crippen molar-refractivity contribution in [2.45, 2.75) is 6.92 Å². The summed E-state index contributed by atoms with van der Waals surface area (Å²) in [5.41, 5.74) is 2.51. The van der Waals surface area contributed by atoms with Gasteiger partial charge in [0.1, 0.15) is 10.7 Å². The van der Waals surface area contributed by atoms with Gasteiger partial charge in [-0.2, -0.15) is 0 Å². The summed E-state index contributed by atoms with van der Waals surface area (Å²) in [7, 11) is 0. The number of carbonyl (C=O) groups excluding carboxylic acids is 1. The Bertz CT molecular complexity index is 666. The van der Waals surface area contributed by atoms with Crippen molar-refractivity contribution in [2.24, 2.45) is 0 Å². The topological polar surface area (TPSA) is 58.6 Å². The number of rotatable bonds is 2. The van der Waals surface area contributed by atoms with Crippen LogP contribution in [0.1, 0.15) is 15.4 Å². The first-order valence-electron chi connectivity index (χ1n) is 5.14. The lowest BCUT2D eigenvalue weighted by molar-refractivity contribution is 0.112. The lowest BCUT2D eigenvalue weighted by Crippen LogP contribution is -1.78. The summed E-state index contributed by atoms with van der Waals surface area (Å²) >= 11 is 1.39. The molecule has 3 heterocycles. The largest absolute Gasteiger partial charge is 0.337 e. The highest BCUT2D eigenvalue weighted by Crippen LogP contribution is 2.28. The second-order valence-electron chi connectivity index (χ2n) is 3.71. The third-order valence-corrected chi connectivity index (χ3v) is 3.68. The van der Waals surface area contributed by atoms with E-state index in [1.54, 1.807) is 6.20 Å². The van der Waals surface area contributed by atoms with Gasteiger partial charge in [0, 0.05) is 11.6 Å². The zero-order valence-corrected chi connectivity index (χ0v) is 9.91. The maximum Gasteiger partial charge on any atom is 0.161 e. The molecule has 84 valence electrons. The number of fused-ring (bicyclic) bond motifs is 1. The van der Waals surface area contributed by atoms with Crippen LogP contribution in [0.3, 0.4) is 0 Å². The minimum Gasteiger partial charge on any atom is -0.337 e. The summed E-state index contributed by atoms with van der Waals surface area (Å²) in [6, 6.07) is 5.88. The first kappa shape index (κ1) is 10.2. The number of aromatic nitrogens is 3. The number of H-pyrrole nitrogens is 1. The van der Waals surface area contributed by atoms with Crippen LogP contribution in [0.15, 0.2) is 24.4 Å². The van der Waals surface area contributed by atoms with E-state index in [-0.39, 0.29) is 0 Å². The third kappa shape index (κ3) is 1.64. The molecule has 4 nitrogen and oxygen atoms in total. The predicted octanol–water partition coefficient (Wildman–Crippen LogP) is 2.81. The molecule has 0 aliphatic heterocycles. The summed E-state index contributed by atoms with van der Waals surface area (Å²) in [5.74, 6) is 0. The lowest BCUT2D eigenvalue weighted by atomic mass is 10.3. The Balaban J connectivity index is 2.16. The fourth-order valence-electron chi connectivity index (χ4n) is 1.71. The van der Waals surface area contributed by atoms with Crippen molar-refractivity contribution in [3.8, 4) is 10.7 Å². The summed E-state index contributed by atoms with van der Waals surface area (Å²) in [6.45, 7) is 1.84. The van der Waals surface area contributed by atoms with E-state index < -0.39 is 0 Å². The zero-order valence-electron chi connectivity index (χ0n) is 9.10. The highest BCUT2D eigenvalue weighted by molar-refractivity contribution is 7.16. The molecule has 0 fully saturated rings. The fourth-order valence-corrected chi connectivity index (χ4v) is 2.56. The van der Waals surface area contributed by atoms with Crippen LogP contribution in [0, 0.1) is 6.92 Å². The molecular formula is C12H9N3OS. The molecule has 0 spiro atoms. The van der Waals surface area contributed by atoms with Crippen LogP contribution in [0.25, 0.3) is 21.7 Å². The number of pyridine rings is 1. The molecule has 0 aliphatic carbocycles. The monoisotopic (exact) mass is 243 g/mol. The van der Waals surface area contributed by atoms with Crippen molar-refractivity contribution in [3.05, 3.63) is 35.0 Å². The van der Waals surface area contributed by atoms with Crippen molar-refractivity contribution in [2.75, 3.05) is 0 Å². The van der Waals surface area contributed by atoms with Gasteiger partial charge in [0.2, 0.25) is 0 Å². The Morgan fingerprint density at radius 1 is 1.47 bits per heavy atom. The third-order valence-electron chi connectivity index (χ3n) is 2.56. The zero-order chi connectivity index (χ0) is 11.8. The summed E-state index contributed by atoms with van der Waals surface area (Å²) in [5, 5.41) is 1.87.